The summed E-state index contributed by atoms with van der Waals surface area (Å²) in [7, 11) is 0. The maximum atomic E-state index is 12.3. The van der Waals surface area contributed by atoms with E-state index < -0.39 is 5.97 Å². The molecule has 1 aliphatic carbocycles. The van der Waals surface area contributed by atoms with Crippen LogP contribution in [0.3, 0.4) is 0 Å². The van der Waals surface area contributed by atoms with Crippen molar-refractivity contribution in [2.45, 2.75) is 46.0 Å². The number of thiophene rings is 1. The molecule has 1 unspecified atom stereocenters. The van der Waals surface area contributed by atoms with E-state index in [4.69, 9.17) is 0 Å². The zero-order valence-electron chi connectivity index (χ0n) is 14.6. The van der Waals surface area contributed by atoms with Crippen LogP contribution in [0, 0.1) is 12.8 Å². The summed E-state index contributed by atoms with van der Waals surface area (Å²) in [6, 6.07) is 8.11. The number of carbonyl (C=O) groups is 2. The highest BCUT2D eigenvalue weighted by Gasteiger charge is 2.28. The van der Waals surface area contributed by atoms with Gasteiger partial charge in [0.15, 0.2) is 0 Å². The van der Waals surface area contributed by atoms with E-state index in [-0.39, 0.29) is 5.91 Å². The van der Waals surface area contributed by atoms with E-state index >= 15 is 0 Å². The minimum Gasteiger partial charge on any atom is -0.478 e. The van der Waals surface area contributed by atoms with Crippen LogP contribution in [-0.4, -0.2) is 17.0 Å². The molecule has 0 aliphatic heterocycles. The third kappa shape index (κ3) is 4.10. The number of amides is 1. The predicted octanol–water partition coefficient (Wildman–Crippen LogP) is 4.45. The van der Waals surface area contributed by atoms with Crippen LogP contribution in [0.1, 0.15) is 51.7 Å². The van der Waals surface area contributed by atoms with Gasteiger partial charge in [-0.3, -0.25) is 4.79 Å². The highest BCUT2D eigenvalue weighted by atomic mass is 32.1. The van der Waals surface area contributed by atoms with Crippen molar-refractivity contribution in [1.82, 2.24) is 0 Å². The first-order chi connectivity index (χ1) is 11.9. The van der Waals surface area contributed by atoms with Crippen molar-refractivity contribution in [2.75, 3.05) is 5.32 Å². The minimum atomic E-state index is -0.944. The lowest BCUT2D eigenvalue weighted by atomic mass is 9.88. The Morgan fingerprint density at radius 3 is 2.68 bits per heavy atom. The van der Waals surface area contributed by atoms with Crippen LogP contribution in [0.15, 0.2) is 24.3 Å². The van der Waals surface area contributed by atoms with Crippen molar-refractivity contribution in [3.05, 3.63) is 51.4 Å². The molecule has 1 aromatic carbocycles. The molecule has 0 saturated heterocycles. The van der Waals surface area contributed by atoms with Gasteiger partial charge in [0.2, 0.25) is 5.91 Å². The molecule has 1 aliphatic rings. The first-order valence-corrected chi connectivity index (χ1v) is 9.49. The zero-order valence-corrected chi connectivity index (χ0v) is 15.4. The Kier molecular flexibility index (Phi) is 5.23. The van der Waals surface area contributed by atoms with Gasteiger partial charge in [0, 0.05) is 11.3 Å². The molecule has 25 heavy (non-hydrogen) atoms. The fourth-order valence-corrected chi connectivity index (χ4v) is 4.69. The molecule has 0 saturated carbocycles. The smallest absolute Gasteiger partial charge is 0.339 e. The molecule has 3 rings (SSSR count). The Morgan fingerprint density at radius 1 is 1.28 bits per heavy atom. The largest absolute Gasteiger partial charge is 0.478 e. The average molecular weight is 357 g/mol. The third-order valence-electron chi connectivity index (χ3n) is 4.74. The number of anilines is 1. The molecule has 0 radical (unpaired) electrons. The number of fused-ring (bicyclic) bond motifs is 1. The van der Waals surface area contributed by atoms with Gasteiger partial charge < -0.3 is 10.4 Å². The van der Waals surface area contributed by atoms with E-state index in [0.717, 1.165) is 35.3 Å². The standard InChI is InChI=1S/C20H23NO3S/c1-12-3-6-14(7-4-12)8-10-17(22)21-19-18(20(23)24)15-9-5-13(2)11-16(15)25-19/h3-4,6-7,13H,5,8-11H2,1-2H3,(H,21,22)(H,23,24). The summed E-state index contributed by atoms with van der Waals surface area (Å²) < 4.78 is 0. The monoisotopic (exact) mass is 357 g/mol. The van der Waals surface area contributed by atoms with Gasteiger partial charge >= 0.3 is 5.97 Å². The molecule has 0 fully saturated rings. The zero-order chi connectivity index (χ0) is 18.0. The number of nitrogens with one attached hydrogen (secondary N) is 1. The van der Waals surface area contributed by atoms with Gasteiger partial charge in [0.25, 0.3) is 0 Å². The Labute approximate surface area is 151 Å². The van der Waals surface area contributed by atoms with E-state index in [0.29, 0.717) is 29.3 Å². The Balaban J connectivity index is 1.70. The first kappa shape index (κ1) is 17.7. The van der Waals surface area contributed by atoms with Gasteiger partial charge in [0.05, 0.1) is 5.56 Å². The van der Waals surface area contributed by atoms with Crippen molar-refractivity contribution >= 4 is 28.2 Å². The molecule has 2 N–H and O–H groups in total. The molecule has 5 heteroatoms. The lowest BCUT2D eigenvalue weighted by Crippen LogP contribution is -2.15. The van der Waals surface area contributed by atoms with Crippen LogP contribution in [-0.2, 0) is 24.1 Å². The van der Waals surface area contributed by atoms with Crippen LogP contribution in [0.25, 0.3) is 0 Å². The van der Waals surface area contributed by atoms with E-state index in [1.807, 2.05) is 31.2 Å². The lowest BCUT2D eigenvalue weighted by molar-refractivity contribution is -0.116. The second-order valence-corrected chi connectivity index (χ2v) is 8.00. The number of hydrogen-bond acceptors (Lipinski definition) is 3. The van der Waals surface area contributed by atoms with Crippen molar-refractivity contribution < 1.29 is 14.7 Å². The van der Waals surface area contributed by atoms with E-state index in [2.05, 4.69) is 12.2 Å². The normalized spacial score (nSPS) is 16.3. The van der Waals surface area contributed by atoms with Crippen LogP contribution < -0.4 is 5.32 Å². The number of hydrogen-bond donors (Lipinski definition) is 2. The molecule has 4 nitrogen and oxygen atoms in total. The molecule has 0 bridgehead atoms. The van der Waals surface area contributed by atoms with Gasteiger partial charge in [-0.25, -0.2) is 4.79 Å². The molecule has 1 amide bonds. The van der Waals surface area contributed by atoms with E-state index in [1.165, 1.54) is 16.9 Å². The summed E-state index contributed by atoms with van der Waals surface area (Å²) >= 11 is 1.43. The van der Waals surface area contributed by atoms with Gasteiger partial charge in [-0.2, -0.15) is 0 Å². The van der Waals surface area contributed by atoms with Gasteiger partial charge in [0.1, 0.15) is 5.00 Å². The summed E-state index contributed by atoms with van der Waals surface area (Å²) in [6.45, 7) is 4.21. The summed E-state index contributed by atoms with van der Waals surface area (Å²) in [6.07, 6.45) is 3.69. The minimum absolute atomic E-state index is 0.130. The van der Waals surface area contributed by atoms with Crippen molar-refractivity contribution in [3.8, 4) is 0 Å². The molecule has 0 spiro atoms. The number of rotatable bonds is 5. The number of carboxylic acid groups (broad SMARTS) is 1. The first-order valence-electron chi connectivity index (χ1n) is 8.67. The maximum absolute atomic E-state index is 12.3. The second-order valence-electron chi connectivity index (χ2n) is 6.89. The van der Waals surface area contributed by atoms with Gasteiger partial charge in [-0.1, -0.05) is 36.8 Å². The van der Waals surface area contributed by atoms with Crippen LogP contribution in [0.2, 0.25) is 0 Å². The summed E-state index contributed by atoms with van der Waals surface area (Å²) in [5.41, 5.74) is 3.52. The SMILES string of the molecule is Cc1ccc(CCC(=O)Nc2sc3c(c2C(=O)O)CCC(C)C3)cc1. The quantitative estimate of drug-likeness (QED) is 0.831. The number of benzene rings is 1. The molecular formula is C20H23NO3S. The summed E-state index contributed by atoms with van der Waals surface area (Å²) in [4.78, 5) is 25.1. The van der Waals surface area contributed by atoms with Gasteiger partial charge in [-0.05, 0) is 49.7 Å². The summed E-state index contributed by atoms with van der Waals surface area (Å²) in [5, 5.41) is 12.9. The molecule has 2 aromatic rings. The van der Waals surface area contributed by atoms with Crippen LogP contribution >= 0.6 is 11.3 Å². The summed E-state index contributed by atoms with van der Waals surface area (Å²) in [5.74, 6) is -0.506. The molecule has 1 atom stereocenters. The highest BCUT2D eigenvalue weighted by molar-refractivity contribution is 7.17. The lowest BCUT2D eigenvalue weighted by Gasteiger charge is -2.17. The van der Waals surface area contributed by atoms with Crippen molar-refractivity contribution in [3.63, 3.8) is 0 Å². The van der Waals surface area contributed by atoms with E-state index in [1.54, 1.807) is 0 Å². The Hall–Kier alpha value is -2.14. The van der Waals surface area contributed by atoms with Crippen LogP contribution in [0.4, 0.5) is 5.00 Å². The van der Waals surface area contributed by atoms with Crippen molar-refractivity contribution in [1.29, 1.82) is 0 Å². The van der Waals surface area contributed by atoms with E-state index in [9.17, 15) is 14.7 Å². The maximum Gasteiger partial charge on any atom is 0.339 e. The fourth-order valence-electron chi connectivity index (χ4n) is 3.27. The predicted molar refractivity (Wildman–Crippen MR) is 101 cm³/mol. The second kappa shape index (κ2) is 7.40. The van der Waals surface area contributed by atoms with Crippen molar-refractivity contribution in [2.24, 2.45) is 5.92 Å². The number of aromatic carboxylic acids is 1. The highest BCUT2D eigenvalue weighted by Crippen LogP contribution is 2.39. The van der Waals surface area contributed by atoms with Crippen LogP contribution in [0.5, 0.6) is 0 Å². The third-order valence-corrected chi connectivity index (χ3v) is 5.91. The topological polar surface area (TPSA) is 66.4 Å². The molecule has 1 aromatic heterocycles. The number of carbonyl (C=O) groups excluding carboxylic acids is 1. The average Bonchev–Trinajstić information content (AvgIpc) is 2.91. The number of carboxylic acids is 1. The molecule has 132 valence electrons. The number of aryl methyl sites for hydroxylation is 2. The molecular weight excluding hydrogens is 334 g/mol. The van der Waals surface area contributed by atoms with Gasteiger partial charge in [-0.15, -0.1) is 11.3 Å². The fraction of sp³-hybridized carbons (Fsp3) is 0.400. The Morgan fingerprint density at radius 2 is 2.00 bits per heavy atom. The Bertz CT molecular complexity index is 792. The molecule has 1 heterocycles.